The first-order valence-corrected chi connectivity index (χ1v) is 9.06. The van der Waals surface area contributed by atoms with Crippen LogP contribution in [0.5, 0.6) is 5.75 Å². The summed E-state index contributed by atoms with van der Waals surface area (Å²) >= 11 is 1.04. The number of thiophene rings is 1. The number of nitrogens with zero attached hydrogens (tertiary/aromatic N) is 1. The van der Waals surface area contributed by atoms with E-state index in [-0.39, 0.29) is 18.1 Å². The number of benzene rings is 1. The van der Waals surface area contributed by atoms with E-state index in [9.17, 15) is 14.9 Å². The molecule has 2 aromatic rings. The van der Waals surface area contributed by atoms with Gasteiger partial charge in [0.2, 0.25) is 0 Å². The molecule has 0 saturated carbocycles. The summed E-state index contributed by atoms with van der Waals surface area (Å²) in [5.41, 5.74) is 0.768. The molecule has 136 valence electrons. The number of nitriles is 1. The van der Waals surface area contributed by atoms with E-state index in [1.807, 2.05) is 31.2 Å². The predicted octanol–water partition coefficient (Wildman–Crippen LogP) is 3.90. The molecule has 0 aliphatic rings. The Kier molecular flexibility index (Phi) is 6.75. The van der Waals surface area contributed by atoms with E-state index >= 15 is 0 Å². The van der Waals surface area contributed by atoms with Gasteiger partial charge in [0, 0.05) is 0 Å². The lowest BCUT2D eigenvalue weighted by atomic mass is 10.1. The zero-order valence-electron chi connectivity index (χ0n) is 14.9. The quantitative estimate of drug-likeness (QED) is 0.745. The molecule has 0 saturated heterocycles. The summed E-state index contributed by atoms with van der Waals surface area (Å²) in [6.07, 6.45) is -0.255. The molecule has 1 N–H and O–H groups in total. The molecule has 1 aromatic heterocycles. The van der Waals surface area contributed by atoms with E-state index in [4.69, 9.17) is 9.47 Å². The highest BCUT2D eigenvalue weighted by Gasteiger charge is 2.25. The lowest BCUT2D eigenvalue weighted by Crippen LogP contribution is -2.32. The Morgan fingerprint density at radius 1 is 1.27 bits per heavy atom. The van der Waals surface area contributed by atoms with E-state index in [1.54, 1.807) is 26.0 Å². The van der Waals surface area contributed by atoms with Crippen LogP contribution in [-0.2, 0) is 9.53 Å². The molecule has 6 nitrogen and oxygen atoms in total. The Labute approximate surface area is 156 Å². The van der Waals surface area contributed by atoms with E-state index in [0.717, 1.165) is 11.3 Å². The van der Waals surface area contributed by atoms with Crippen LogP contribution in [0.15, 0.2) is 30.3 Å². The Bertz CT molecular complexity index is 824. The summed E-state index contributed by atoms with van der Waals surface area (Å²) in [6.45, 7) is 5.45. The number of hydrogen-bond acceptors (Lipinski definition) is 6. The smallest absolute Gasteiger partial charge is 0.348 e. The zero-order chi connectivity index (χ0) is 19.1. The first kappa shape index (κ1) is 19.5. The van der Waals surface area contributed by atoms with Gasteiger partial charge >= 0.3 is 5.97 Å². The lowest BCUT2D eigenvalue weighted by Gasteiger charge is -2.16. The highest BCUT2D eigenvalue weighted by molar-refractivity contribution is 7.18. The van der Waals surface area contributed by atoms with Gasteiger partial charge in [0.1, 0.15) is 21.7 Å². The van der Waals surface area contributed by atoms with Crippen LogP contribution in [0.1, 0.15) is 41.1 Å². The number of carbonyl (C=O) groups is 2. The molecule has 26 heavy (non-hydrogen) atoms. The van der Waals surface area contributed by atoms with Crippen molar-refractivity contribution in [1.82, 2.24) is 0 Å². The van der Waals surface area contributed by atoms with Crippen molar-refractivity contribution in [3.8, 4) is 11.8 Å². The standard InChI is InChI=1S/C19H20N2O4S/c1-4-15(25-13-9-7-6-8-10-13)17(22)21-18-14(11-20)12(3)16(26-18)19(23)24-5-2/h6-10,15H,4-5H2,1-3H3,(H,21,22). The van der Waals surface area contributed by atoms with Gasteiger partial charge in [-0.2, -0.15) is 5.26 Å². The van der Waals surface area contributed by atoms with Gasteiger partial charge in [0.05, 0.1) is 12.2 Å². The van der Waals surface area contributed by atoms with E-state index in [0.29, 0.717) is 27.6 Å². The summed E-state index contributed by atoms with van der Waals surface area (Å²) in [7, 11) is 0. The number of ether oxygens (including phenoxy) is 2. The summed E-state index contributed by atoms with van der Waals surface area (Å²) in [4.78, 5) is 24.9. The van der Waals surface area contributed by atoms with Crippen molar-refractivity contribution in [2.45, 2.75) is 33.3 Å². The van der Waals surface area contributed by atoms with E-state index < -0.39 is 12.1 Å². The SMILES string of the molecule is CCOC(=O)c1sc(NC(=O)C(CC)Oc2ccccc2)c(C#N)c1C. The lowest BCUT2D eigenvalue weighted by molar-refractivity contribution is -0.122. The molecule has 1 unspecified atom stereocenters. The van der Waals surface area contributed by atoms with Crippen LogP contribution in [-0.4, -0.2) is 24.6 Å². The topological polar surface area (TPSA) is 88.4 Å². The molecule has 1 aromatic carbocycles. The van der Waals surface area contributed by atoms with Crippen LogP contribution in [0.25, 0.3) is 0 Å². The van der Waals surface area contributed by atoms with Crippen molar-refractivity contribution in [2.24, 2.45) is 0 Å². The van der Waals surface area contributed by atoms with Crippen molar-refractivity contribution in [3.63, 3.8) is 0 Å². The Morgan fingerprint density at radius 2 is 1.96 bits per heavy atom. The maximum Gasteiger partial charge on any atom is 0.348 e. The monoisotopic (exact) mass is 372 g/mol. The fourth-order valence-electron chi connectivity index (χ4n) is 2.31. The Balaban J connectivity index is 2.20. The maximum atomic E-state index is 12.6. The van der Waals surface area contributed by atoms with E-state index in [1.165, 1.54) is 0 Å². The van der Waals surface area contributed by atoms with Gasteiger partial charge in [-0.05, 0) is 38.0 Å². The van der Waals surface area contributed by atoms with Crippen LogP contribution in [0, 0.1) is 18.3 Å². The summed E-state index contributed by atoms with van der Waals surface area (Å²) in [5.74, 6) is -0.284. The molecule has 0 spiro atoms. The molecule has 0 fully saturated rings. The second kappa shape index (κ2) is 9.02. The number of rotatable bonds is 7. The Hall–Kier alpha value is -2.85. The normalized spacial score (nSPS) is 11.3. The summed E-state index contributed by atoms with van der Waals surface area (Å²) in [5, 5.41) is 12.4. The summed E-state index contributed by atoms with van der Waals surface area (Å²) < 4.78 is 10.7. The molecule has 2 rings (SSSR count). The number of anilines is 1. The number of amides is 1. The van der Waals surface area contributed by atoms with Crippen molar-refractivity contribution < 1.29 is 19.1 Å². The van der Waals surface area contributed by atoms with Crippen molar-refractivity contribution in [1.29, 1.82) is 5.26 Å². The van der Waals surface area contributed by atoms with Gasteiger partial charge < -0.3 is 14.8 Å². The fraction of sp³-hybridized carbons (Fsp3) is 0.316. The predicted molar refractivity (Wildman–Crippen MR) is 99.5 cm³/mol. The van der Waals surface area contributed by atoms with Crippen LogP contribution >= 0.6 is 11.3 Å². The summed E-state index contributed by atoms with van der Waals surface area (Å²) in [6, 6.07) is 11.1. The second-order valence-electron chi connectivity index (χ2n) is 5.41. The Morgan fingerprint density at radius 3 is 2.54 bits per heavy atom. The van der Waals surface area contributed by atoms with Gasteiger partial charge in [-0.15, -0.1) is 11.3 Å². The molecule has 0 aliphatic carbocycles. The van der Waals surface area contributed by atoms with Crippen LogP contribution in [0.3, 0.4) is 0 Å². The molecule has 1 heterocycles. The highest BCUT2D eigenvalue weighted by atomic mass is 32.1. The third-order valence-electron chi connectivity index (χ3n) is 3.64. The minimum absolute atomic E-state index is 0.239. The van der Waals surface area contributed by atoms with Gasteiger partial charge in [0.25, 0.3) is 5.91 Å². The molecule has 0 bridgehead atoms. The first-order valence-electron chi connectivity index (χ1n) is 8.24. The molecule has 0 aliphatic heterocycles. The molecular weight excluding hydrogens is 352 g/mol. The van der Waals surface area contributed by atoms with Gasteiger partial charge in [-0.25, -0.2) is 4.79 Å². The highest BCUT2D eigenvalue weighted by Crippen LogP contribution is 2.33. The number of esters is 1. The number of para-hydroxylation sites is 1. The van der Waals surface area contributed by atoms with Gasteiger partial charge in [0.15, 0.2) is 6.10 Å². The molecular formula is C19H20N2O4S. The van der Waals surface area contributed by atoms with Crippen LogP contribution in [0.2, 0.25) is 0 Å². The van der Waals surface area contributed by atoms with Crippen LogP contribution in [0.4, 0.5) is 5.00 Å². The number of nitrogens with one attached hydrogen (secondary N) is 1. The largest absolute Gasteiger partial charge is 0.481 e. The molecule has 0 radical (unpaired) electrons. The van der Waals surface area contributed by atoms with Crippen LogP contribution < -0.4 is 10.1 Å². The maximum absolute atomic E-state index is 12.6. The zero-order valence-corrected chi connectivity index (χ0v) is 15.7. The average molecular weight is 372 g/mol. The minimum atomic E-state index is -0.711. The third-order valence-corrected chi connectivity index (χ3v) is 4.83. The van der Waals surface area contributed by atoms with Gasteiger partial charge in [-0.1, -0.05) is 25.1 Å². The minimum Gasteiger partial charge on any atom is -0.481 e. The molecule has 7 heteroatoms. The van der Waals surface area contributed by atoms with E-state index in [2.05, 4.69) is 5.32 Å². The molecule has 1 amide bonds. The third kappa shape index (κ3) is 4.41. The first-order chi connectivity index (χ1) is 12.5. The number of carbonyl (C=O) groups excluding carboxylic acids is 2. The second-order valence-corrected chi connectivity index (χ2v) is 6.43. The fourth-order valence-corrected chi connectivity index (χ4v) is 3.36. The van der Waals surface area contributed by atoms with Crippen molar-refractivity contribution in [2.75, 3.05) is 11.9 Å². The average Bonchev–Trinajstić information content (AvgIpc) is 2.96. The number of hydrogen-bond donors (Lipinski definition) is 1. The van der Waals surface area contributed by atoms with Crippen molar-refractivity contribution in [3.05, 3.63) is 46.3 Å². The van der Waals surface area contributed by atoms with Crippen molar-refractivity contribution >= 4 is 28.2 Å². The van der Waals surface area contributed by atoms with Gasteiger partial charge in [-0.3, -0.25) is 4.79 Å². The molecule has 1 atom stereocenters.